The van der Waals surface area contributed by atoms with Crippen molar-refractivity contribution in [3.8, 4) is 0 Å². The van der Waals surface area contributed by atoms with Crippen LogP contribution < -0.4 is 5.32 Å². The molecule has 1 fully saturated rings. The molecule has 1 saturated heterocycles. The Bertz CT molecular complexity index is 775. The van der Waals surface area contributed by atoms with Gasteiger partial charge in [0.25, 0.3) is 0 Å². The minimum absolute atomic E-state index is 0.0894. The molecular formula is C21H29N3O2. The van der Waals surface area contributed by atoms with E-state index >= 15 is 0 Å². The van der Waals surface area contributed by atoms with Crippen LogP contribution in [-0.4, -0.2) is 62.0 Å². The lowest BCUT2D eigenvalue weighted by molar-refractivity contribution is -0.120. The maximum atomic E-state index is 12.3. The van der Waals surface area contributed by atoms with E-state index in [1.165, 1.54) is 17.5 Å². The maximum Gasteiger partial charge on any atom is 0.224 e. The van der Waals surface area contributed by atoms with Crippen LogP contribution >= 0.6 is 0 Å². The SMILES string of the molecule is CN1CCN(CCCNC(=O)Cc2coc3cc4c(cc23)CCC4)CC1. The van der Waals surface area contributed by atoms with Gasteiger partial charge < -0.3 is 19.5 Å². The first-order chi connectivity index (χ1) is 12.7. The standard InChI is InChI=1S/C21H29N3O2/c1-23-8-10-24(11-9-23)7-3-6-22-21(25)14-18-15-26-20-13-17-5-2-4-16(17)12-19(18)20/h12-13,15H,2-11,14H2,1H3,(H,22,25). The summed E-state index contributed by atoms with van der Waals surface area (Å²) in [5.41, 5.74) is 4.76. The number of benzene rings is 1. The van der Waals surface area contributed by atoms with Crippen LogP contribution in [0, 0.1) is 0 Å². The molecule has 4 rings (SSSR count). The van der Waals surface area contributed by atoms with Crippen molar-refractivity contribution in [2.75, 3.05) is 46.3 Å². The summed E-state index contributed by atoms with van der Waals surface area (Å²) in [5, 5.41) is 4.18. The summed E-state index contributed by atoms with van der Waals surface area (Å²) in [6, 6.07) is 4.40. The van der Waals surface area contributed by atoms with Crippen molar-refractivity contribution in [3.63, 3.8) is 0 Å². The van der Waals surface area contributed by atoms with Gasteiger partial charge in [0, 0.05) is 43.7 Å². The van der Waals surface area contributed by atoms with Crippen molar-refractivity contribution in [2.24, 2.45) is 0 Å². The number of hydrogen-bond donors (Lipinski definition) is 1. The van der Waals surface area contributed by atoms with Crippen LogP contribution in [0.3, 0.4) is 0 Å². The molecule has 2 heterocycles. The van der Waals surface area contributed by atoms with Crippen LogP contribution in [0.1, 0.15) is 29.5 Å². The lowest BCUT2D eigenvalue weighted by Gasteiger charge is -2.32. The van der Waals surface area contributed by atoms with E-state index < -0.39 is 0 Å². The zero-order chi connectivity index (χ0) is 17.9. The highest BCUT2D eigenvalue weighted by Gasteiger charge is 2.17. The van der Waals surface area contributed by atoms with E-state index in [2.05, 4.69) is 34.3 Å². The summed E-state index contributed by atoms with van der Waals surface area (Å²) in [6.07, 6.45) is 6.69. The molecule has 0 unspecified atom stereocenters. The first-order valence-electron chi connectivity index (χ1n) is 9.88. The summed E-state index contributed by atoms with van der Waals surface area (Å²) in [5.74, 6) is 0.0894. The molecule has 1 aliphatic heterocycles. The third kappa shape index (κ3) is 3.94. The Balaban J connectivity index is 1.25. The number of nitrogens with zero attached hydrogens (tertiary/aromatic N) is 2. The number of hydrogen-bond acceptors (Lipinski definition) is 4. The largest absolute Gasteiger partial charge is 0.464 e. The number of amides is 1. The maximum absolute atomic E-state index is 12.3. The highest BCUT2D eigenvalue weighted by molar-refractivity contribution is 5.88. The monoisotopic (exact) mass is 355 g/mol. The number of carbonyl (C=O) groups excluding carboxylic acids is 1. The molecule has 1 aromatic heterocycles. The molecule has 0 radical (unpaired) electrons. The van der Waals surface area contributed by atoms with Crippen LogP contribution in [0.5, 0.6) is 0 Å². The lowest BCUT2D eigenvalue weighted by atomic mass is 10.0. The zero-order valence-corrected chi connectivity index (χ0v) is 15.7. The summed E-state index contributed by atoms with van der Waals surface area (Å²) in [4.78, 5) is 17.2. The first kappa shape index (κ1) is 17.6. The van der Waals surface area contributed by atoms with Crippen LogP contribution in [0.15, 0.2) is 22.8 Å². The van der Waals surface area contributed by atoms with Gasteiger partial charge in [0.15, 0.2) is 0 Å². The molecule has 0 bridgehead atoms. The van der Waals surface area contributed by atoms with Crippen LogP contribution in [0.4, 0.5) is 0 Å². The second-order valence-electron chi connectivity index (χ2n) is 7.76. The third-order valence-electron chi connectivity index (χ3n) is 5.79. The second-order valence-corrected chi connectivity index (χ2v) is 7.76. The van der Waals surface area contributed by atoms with E-state index in [0.717, 1.165) is 75.1 Å². The van der Waals surface area contributed by atoms with Gasteiger partial charge in [0.1, 0.15) is 5.58 Å². The van der Waals surface area contributed by atoms with Crippen molar-refractivity contribution in [3.05, 3.63) is 35.1 Å². The molecule has 1 amide bonds. The fourth-order valence-electron chi connectivity index (χ4n) is 4.12. The van der Waals surface area contributed by atoms with E-state index in [4.69, 9.17) is 4.42 Å². The van der Waals surface area contributed by atoms with E-state index in [1.807, 2.05) is 0 Å². The molecule has 1 aliphatic carbocycles. The summed E-state index contributed by atoms with van der Waals surface area (Å²) < 4.78 is 5.70. The Labute approximate surface area is 155 Å². The predicted octanol–water partition coefficient (Wildman–Crippen LogP) is 2.22. The van der Waals surface area contributed by atoms with Gasteiger partial charge in [-0.25, -0.2) is 0 Å². The van der Waals surface area contributed by atoms with Crippen molar-refractivity contribution in [2.45, 2.75) is 32.1 Å². The van der Waals surface area contributed by atoms with Gasteiger partial charge in [0.05, 0.1) is 12.7 Å². The third-order valence-corrected chi connectivity index (χ3v) is 5.79. The Morgan fingerprint density at radius 3 is 2.73 bits per heavy atom. The lowest BCUT2D eigenvalue weighted by Crippen LogP contribution is -2.45. The molecule has 5 heteroatoms. The molecule has 2 aromatic rings. The molecule has 5 nitrogen and oxygen atoms in total. The van der Waals surface area contributed by atoms with E-state index in [0.29, 0.717) is 6.42 Å². The highest BCUT2D eigenvalue weighted by atomic mass is 16.3. The number of piperazine rings is 1. The van der Waals surface area contributed by atoms with Gasteiger partial charge in [-0.05, 0) is 62.5 Å². The van der Waals surface area contributed by atoms with Crippen molar-refractivity contribution >= 4 is 16.9 Å². The van der Waals surface area contributed by atoms with Gasteiger partial charge in [-0.15, -0.1) is 0 Å². The van der Waals surface area contributed by atoms with Gasteiger partial charge in [0.2, 0.25) is 5.91 Å². The summed E-state index contributed by atoms with van der Waals surface area (Å²) >= 11 is 0. The van der Waals surface area contributed by atoms with Crippen LogP contribution in [0.2, 0.25) is 0 Å². The molecule has 2 aliphatic rings. The fraction of sp³-hybridized carbons (Fsp3) is 0.571. The number of rotatable bonds is 6. The number of furan rings is 1. The quantitative estimate of drug-likeness (QED) is 0.807. The minimum Gasteiger partial charge on any atom is -0.464 e. The van der Waals surface area contributed by atoms with E-state index in [-0.39, 0.29) is 5.91 Å². The van der Waals surface area contributed by atoms with Crippen molar-refractivity contribution in [1.29, 1.82) is 0 Å². The van der Waals surface area contributed by atoms with Gasteiger partial charge in [-0.2, -0.15) is 0 Å². The molecule has 140 valence electrons. The Morgan fingerprint density at radius 2 is 1.92 bits per heavy atom. The number of aryl methyl sites for hydroxylation is 2. The second kappa shape index (κ2) is 7.80. The van der Waals surface area contributed by atoms with E-state index in [9.17, 15) is 4.79 Å². The van der Waals surface area contributed by atoms with E-state index in [1.54, 1.807) is 6.26 Å². The first-order valence-corrected chi connectivity index (χ1v) is 9.88. The molecule has 1 N–H and O–H groups in total. The number of carbonyl (C=O) groups is 1. The Kier molecular flexibility index (Phi) is 5.27. The zero-order valence-electron chi connectivity index (χ0n) is 15.7. The predicted molar refractivity (Wildman–Crippen MR) is 104 cm³/mol. The highest BCUT2D eigenvalue weighted by Crippen LogP contribution is 2.30. The van der Waals surface area contributed by atoms with Crippen LogP contribution in [0.25, 0.3) is 11.0 Å². The smallest absolute Gasteiger partial charge is 0.224 e. The average molecular weight is 355 g/mol. The topological polar surface area (TPSA) is 48.7 Å². The molecule has 0 spiro atoms. The van der Waals surface area contributed by atoms with Gasteiger partial charge in [-0.1, -0.05) is 0 Å². The van der Waals surface area contributed by atoms with Gasteiger partial charge >= 0.3 is 0 Å². The van der Waals surface area contributed by atoms with Crippen molar-refractivity contribution < 1.29 is 9.21 Å². The number of nitrogens with one attached hydrogen (secondary N) is 1. The molecule has 1 aromatic carbocycles. The van der Waals surface area contributed by atoms with Crippen LogP contribution in [-0.2, 0) is 24.1 Å². The molecular weight excluding hydrogens is 326 g/mol. The molecule has 0 atom stereocenters. The fourth-order valence-corrected chi connectivity index (χ4v) is 4.12. The molecule has 0 saturated carbocycles. The number of fused-ring (bicyclic) bond motifs is 2. The number of likely N-dealkylation sites (N-methyl/N-ethyl adjacent to an activating group) is 1. The van der Waals surface area contributed by atoms with Crippen molar-refractivity contribution in [1.82, 2.24) is 15.1 Å². The summed E-state index contributed by atoms with van der Waals surface area (Å²) in [6.45, 7) is 6.37. The average Bonchev–Trinajstić information content (AvgIpc) is 3.25. The normalized spacial score (nSPS) is 18.3. The van der Waals surface area contributed by atoms with Gasteiger partial charge in [-0.3, -0.25) is 4.79 Å². The Morgan fingerprint density at radius 1 is 1.15 bits per heavy atom. The summed E-state index contributed by atoms with van der Waals surface area (Å²) in [7, 11) is 2.17. The Hall–Kier alpha value is -1.85. The molecule has 26 heavy (non-hydrogen) atoms. The minimum atomic E-state index is 0.0894.